The molecular formula is C16H25NO2. The van der Waals surface area contributed by atoms with Crippen molar-refractivity contribution in [1.82, 2.24) is 0 Å². The topological polar surface area (TPSA) is 38.3 Å². The molecule has 0 bridgehead atoms. The molecule has 19 heavy (non-hydrogen) atoms. The average molecular weight is 263 g/mol. The Kier molecular flexibility index (Phi) is 4.61. The van der Waals surface area contributed by atoms with Crippen molar-refractivity contribution in [3.05, 3.63) is 28.3 Å². The van der Waals surface area contributed by atoms with Crippen LogP contribution in [-0.4, -0.2) is 18.1 Å². The van der Waals surface area contributed by atoms with Crippen molar-refractivity contribution >= 4 is 11.7 Å². The SMILES string of the molecule is CCOC(=O)C(C)(C)Nc1c(C)c(C)cc(C)c1C. The molecule has 0 unspecified atom stereocenters. The zero-order chi connectivity index (χ0) is 14.8. The molecule has 3 nitrogen and oxygen atoms in total. The smallest absolute Gasteiger partial charge is 0.331 e. The van der Waals surface area contributed by atoms with E-state index in [1.807, 2.05) is 20.8 Å². The molecule has 0 aromatic heterocycles. The summed E-state index contributed by atoms with van der Waals surface area (Å²) in [5.41, 5.74) is 5.12. The lowest BCUT2D eigenvalue weighted by molar-refractivity contribution is -0.147. The fourth-order valence-corrected chi connectivity index (χ4v) is 2.08. The van der Waals surface area contributed by atoms with Gasteiger partial charge in [0.05, 0.1) is 6.61 Å². The number of rotatable bonds is 4. The molecule has 0 fully saturated rings. The fourth-order valence-electron chi connectivity index (χ4n) is 2.08. The minimum Gasteiger partial charge on any atom is -0.464 e. The highest BCUT2D eigenvalue weighted by atomic mass is 16.5. The summed E-state index contributed by atoms with van der Waals surface area (Å²) in [6.07, 6.45) is 0. The first kappa shape index (κ1) is 15.5. The van der Waals surface area contributed by atoms with Gasteiger partial charge in [0.1, 0.15) is 5.54 Å². The van der Waals surface area contributed by atoms with Crippen LogP contribution < -0.4 is 5.32 Å². The van der Waals surface area contributed by atoms with Crippen LogP contribution in [0.5, 0.6) is 0 Å². The van der Waals surface area contributed by atoms with Gasteiger partial charge in [0.15, 0.2) is 0 Å². The van der Waals surface area contributed by atoms with E-state index in [4.69, 9.17) is 4.74 Å². The molecule has 3 heteroatoms. The Morgan fingerprint density at radius 2 is 1.63 bits per heavy atom. The van der Waals surface area contributed by atoms with E-state index in [2.05, 4.69) is 39.1 Å². The maximum absolute atomic E-state index is 12.0. The summed E-state index contributed by atoms with van der Waals surface area (Å²) in [6, 6.07) is 2.17. The number of hydrogen-bond donors (Lipinski definition) is 1. The molecule has 0 saturated heterocycles. The number of anilines is 1. The van der Waals surface area contributed by atoms with Crippen LogP contribution in [0.25, 0.3) is 0 Å². The summed E-state index contributed by atoms with van der Waals surface area (Å²) in [5.74, 6) is -0.229. The second-order valence-corrected chi connectivity index (χ2v) is 5.61. The Labute approximate surface area is 116 Å². The molecular weight excluding hydrogens is 238 g/mol. The molecule has 1 aromatic carbocycles. The number of nitrogens with one attached hydrogen (secondary N) is 1. The zero-order valence-electron chi connectivity index (χ0n) is 13.1. The van der Waals surface area contributed by atoms with Crippen LogP contribution in [-0.2, 0) is 9.53 Å². The number of esters is 1. The van der Waals surface area contributed by atoms with E-state index < -0.39 is 5.54 Å². The van der Waals surface area contributed by atoms with Crippen LogP contribution >= 0.6 is 0 Å². The highest BCUT2D eigenvalue weighted by molar-refractivity contribution is 5.84. The van der Waals surface area contributed by atoms with Crippen molar-refractivity contribution in [2.24, 2.45) is 0 Å². The molecule has 0 aliphatic rings. The van der Waals surface area contributed by atoms with Crippen LogP contribution in [0.2, 0.25) is 0 Å². The van der Waals surface area contributed by atoms with Gasteiger partial charge in [-0.3, -0.25) is 0 Å². The van der Waals surface area contributed by atoms with Crippen LogP contribution in [0.3, 0.4) is 0 Å². The predicted molar refractivity (Wildman–Crippen MR) is 79.7 cm³/mol. The van der Waals surface area contributed by atoms with Gasteiger partial charge < -0.3 is 10.1 Å². The third kappa shape index (κ3) is 3.28. The third-order valence-electron chi connectivity index (χ3n) is 3.59. The van der Waals surface area contributed by atoms with Crippen LogP contribution in [0, 0.1) is 27.7 Å². The second kappa shape index (κ2) is 5.64. The Morgan fingerprint density at radius 1 is 1.16 bits per heavy atom. The molecule has 0 heterocycles. The zero-order valence-corrected chi connectivity index (χ0v) is 13.1. The summed E-state index contributed by atoms with van der Waals surface area (Å²) >= 11 is 0. The molecule has 1 rings (SSSR count). The number of hydrogen-bond acceptors (Lipinski definition) is 3. The lowest BCUT2D eigenvalue weighted by atomic mass is 9.96. The van der Waals surface area contributed by atoms with Gasteiger partial charge in [-0.25, -0.2) is 4.79 Å². The number of aryl methyl sites for hydroxylation is 2. The van der Waals surface area contributed by atoms with Crippen molar-refractivity contribution in [1.29, 1.82) is 0 Å². The maximum Gasteiger partial charge on any atom is 0.331 e. The standard InChI is InChI=1S/C16H25NO2/c1-8-19-15(18)16(6,7)17-14-12(4)10(2)9-11(3)13(14)5/h9,17H,8H2,1-7H3. The molecule has 0 saturated carbocycles. The van der Waals surface area contributed by atoms with Crippen molar-refractivity contribution in [3.63, 3.8) is 0 Å². The largest absolute Gasteiger partial charge is 0.464 e. The molecule has 106 valence electrons. The number of ether oxygens (including phenoxy) is 1. The molecule has 1 aromatic rings. The number of carbonyl (C=O) groups is 1. The summed E-state index contributed by atoms with van der Waals surface area (Å²) in [6.45, 7) is 14.2. The van der Waals surface area contributed by atoms with E-state index in [9.17, 15) is 4.79 Å². The molecule has 1 N–H and O–H groups in total. The van der Waals surface area contributed by atoms with Crippen LogP contribution in [0.15, 0.2) is 6.07 Å². The van der Waals surface area contributed by atoms with Gasteiger partial charge in [0.25, 0.3) is 0 Å². The second-order valence-electron chi connectivity index (χ2n) is 5.61. The Hall–Kier alpha value is -1.51. The van der Waals surface area contributed by atoms with E-state index in [-0.39, 0.29) is 5.97 Å². The number of benzene rings is 1. The molecule has 0 radical (unpaired) electrons. The van der Waals surface area contributed by atoms with Gasteiger partial charge in [0.2, 0.25) is 0 Å². The summed E-state index contributed by atoms with van der Waals surface area (Å²) in [5, 5.41) is 3.35. The molecule has 0 amide bonds. The lowest BCUT2D eigenvalue weighted by Gasteiger charge is -2.28. The molecule has 0 atom stereocenters. The Balaban J connectivity index is 3.15. The van der Waals surface area contributed by atoms with Gasteiger partial charge in [-0.1, -0.05) is 6.07 Å². The van der Waals surface area contributed by atoms with Gasteiger partial charge in [-0.15, -0.1) is 0 Å². The van der Waals surface area contributed by atoms with Crippen molar-refractivity contribution < 1.29 is 9.53 Å². The highest BCUT2D eigenvalue weighted by Gasteiger charge is 2.30. The molecule has 0 aliphatic heterocycles. The Bertz CT molecular complexity index is 464. The third-order valence-corrected chi connectivity index (χ3v) is 3.59. The van der Waals surface area contributed by atoms with Gasteiger partial charge >= 0.3 is 5.97 Å². The van der Waals surface area contributed by atoms with Crippen LogP contribution in [0.4, 0.5) is 5.69 Å². The minimum atomic E-state index is -0.730. The normalized spacial score (nSPS) is 11.3. The monoisotopic (exact) mass is 263 g/mol. The first-order valence-electron chi connectivity index (χ1n) is 6.73. The van der Waals surface area contributed by atoms with E-state index in [0.29, 0.717) is 6.61 Å². The lowest BCUT2D eigenvalue weighted by Crippen LogP contribution is -2.42. The summed E-state index contributed by atoms with van der Waals surface area (Å²) < 4.78 is 5.12. The van der Waals surface area contributed by atoms with Gasteiger partial charge in [-0.05, 0) is 70.7 Å². The first-order chi connectivity index (χ1) is 8.70. The van der Waals surface area contributed by atoms with Crippen LogP contribution in [0.1, 0.15) is 43.0 Å². The van der Waals surface area contributed by atoms with Crippen molar-refractivity contribution in [3.8, 4) is 0 Å². The van der Waals surface area contributed by atoms with E-state index >= 15 is 0 Å². The van der Waals surface area contributed by atoms with E-state index in [0.717, 1.165) is 5.69 Å². The summed E-state index contributed by atoms with van der Waals surface area (Å²) in [7, 11) is 0. The average Bonchev–Trinajstić information content (AvgIpc) is 2.32. The minimum absolute atomic E-state index is 0.229. The van der Waals surface area contributed by atoms with Gasteiger partial charge in [-0.2, -0.15) is 0 Å². The van der Waals surface area contributed by atoms with Crippen molar-refractivity contribution in [2.45, 2.75) is 54.0 Å². The maximum atomic E-state index is 12.0. The molecule has 0 aliphatic carbocycles. The van der Waals surface area contributed by atoms with Crippen molar-refractivity contribution in [2.75, 3.05) is 11.9 Å². The first-order valence-corrected chi connectivity index (χ1v) is 6.73. The number of carbonyl (C=O) groups excluding carboxylic acids is 1. The van der Waals surface area contributed by atoms with E-state index in [1.165, 1.54) is 22.3 Å². The fraction of sp³-hybridized carbons (Fsp3) is 0.562. The summed E-state index contributed by atoms with van der Waals surface area (Å²) in [4.78, 5) is 12.0. The van der Waals surface area contributed by atoms with E-state index in [1.54, 1.807) is 0 Å². The predicted octanol–water partition coefficient (Wildman–Crippen LogP) is 3.67. The quantitative estimate of drug-likeness (QED) is 0.842. The molecule has 0 spiro atoms. The Morgan fingerprint density at radius 3 is 2.05 bits per heavy atom. The van der Waals surface area contributed by atoms with Gasteiger partial charge in [0, 0.05) is 5.69 Å². The highest BCUT2D eigenvalue weighted by Crippen LogP contribution is 2.29.